The molecular formula is C22H20F4N2O3. The number of ether oxygens (including phenoxy) is 1. The summed E-state index contributed by atoms with van der Waals surface area (Å²) in [6.45, 7) is 0.228. The lowest BCUT2D eigenvalue weighted by atomic mass is 10.1. The maximum Gasteiger partial charge on any atom is 0.287 e. The molecular weight excluding hydrogens is 416 g/mol. The minimum absolute atomic E-state index is 0.0508. The van der Waals surface area contributed by atoms with Crippen LogP contribution in [-0.4, -0.2) is 40.3 Å². The Labute approximate surface area is 175 Å². The van der Waals surface area contributed by atoms with Gasteiger partial charge in [0.1, 0.15) is 18.1 Å². The molecule has 1 aliphatic heterocycles. The van der Waals surface area contributed by atoms with Crippen LogP contribution in [0.15, 0.2) is 47.6 Å². The molecule has 1 aliphatic carbocycles. The van der Waals surface area contributed by atoms with Crippen LogP contribution in [0.3, 0.4) is 0 Å². The fourth-order valence-electron chi connectivity index (χ4n) is 3.77. The first-order valence-electron chi connectivity index (χ1n) is 9.82. The summed E-state index contributed by atoms with van der Waals surface area (Å²) in [5, 5.41) is 13.4. The van der Waals surface area contributed by atoms with Gasteiger partial charge in [0.15, 0.2) is 0 Å². The number of hydrogen-bond acceptors (Lipinski definition) is 4. The van der Waals surface area contributed by atoms with Crippen LogP contribution in [0.5, 0.6) is 5.75 Å². The molecule has 1 atom stereocenters. The fourth-order valence-corrected chi connectivity index (χ4v) is 3.77. The predicted octanol–water partition coefficient (Wildman–Crippen LogP) is 4.18. The molecule has 2 aromatic rings. The van der Waals surface area contributed by atoms with Crippen molar-refractivity contribution >= 4 is 11.6 Å². The van der Waals surface area contributed by atoms with E-state index in [0.717, 1.165) is 30.6 Å². The predicted molar refractivity (Wildman–Crippen MR) is 104 cm³/mol. The lowest BCUT2D eigenvalue weighted by Crippen LogP contribution is -2.51. The number of fused-ring (bicyclic) bond motifs is 1. The van der Waals surface area contributed by atoms with Crippen LogP contribution in [0, 0.1) is 0 Å². The zero-order valence-electron chi connectivity index (χ0n) is 16.4. The number of carbonyl (C=O) groups excluding carboxylic acids is 1. The van der Waals surface area contributed by atoms with Crippen LogP contribution < -0.4 is 4.74 Å². The molecule has 1 heterocycles. The molecule has 164 valence electrons. The monoisotopic (exact) mass is 436 g/mol. The molecule has 0 saturated heterocycles. The molecule has 4 rings (SSSR count). The van der Waals surface area contributed by atoms with Crippen LogP contribution in [0.25, 0.3) is 0 Å². The fraction of sp³-hybridized carbons (Fsp3) is 0.364. The summed E-state index contributed by atoms with van der Waals surface area (Å²) in [6, 6.07) is 11.8. The largest absolute Gasteiger partial charge is 0.489 e. The van der Waals surface area contributed by atoms with Gasteiger partial charge in [-0.15, -0.1) is 0 Å². The molecule has 31 heavy (non-hydrogen) atoms. The molecule has 5 nitrogen and oxygen atoms in total. The summed E-state index contributed by atoms with van der Waals surface area (Å²) < 4.78 is 58.2. The zero-order chi connectivity index (χ0) is 22.2. The normalized spacial score (nSPS) is 20.4. The van der Waals surface area contributed by atoms with Crippen molar-refractivity contribution in [1.29, 1.82) is 0 Å². The Morgan fingerprint density at radius 2 is 1.81 bits per heavy atom. The summed E-state index contributed by atoms with van der Waals surface area (Å²) in [6.07, 6.45) is -4.49. The van der Waals surface area contributed by atoms with Gasteiger partial charge in [-0.3, -0.25) is 4.79 Å². The van der Waals surface area contributed by atoms with E-state index >= 15 is 0 Å². The van der Waals surface area contributed by atoms with Crippen LogP contribution in [-0.2, 0) is 19.4 Å². The summed E-state index contributed by atoms with van der Waals surface area (Å²) in [7, 11) is 0. The van der Waals surface area contributed by atoms with Crippen molar-refractivity contribution in [2.45, 2.75) is 50.9 Å². The number of rotatable bonds is 6. The Kier molecular flexibility index (Phi) is 5.70. The lowest BCUT2D eigenvalue weighted by molar-refractivity contribution is -0.164. The van der Waals surface area contributed by atoms with Gasteiger partial charge in [0.05, 0.1) is 0 Å². The number of aliphatic hydroxyl groups is 1. The highest BCUT2D eigenvalue weighted by atomic mass is 19.3. The molecule has 0 unspecified atom stereocenters. The Bertz CT molecular complexity index is 1010. The van der Waals surface area contributed by atoms with Crippen molar-refractivity contribution in [3.63, 3.8) is 0 Å². The number of aryl methyl sites for hydroxylation is 2. The summed E-state index contributed by atoms with van der Waals surface area (Å²) in [4.78, 5) is 12.6. The lowest BCUT2D eigenvalue weighted by Gasteiger charge is -2.30. The highest BCUT2D eigenvalue weighted by Crippen LogP contribution is 2.34. The maximum atomic E-state index is 13.3. The molecule has 2 aromatic carbocycles. The first-order valence-corrected chi connectivity index (χ1v) is 9.82. The third-order valence-corrected chi connectivity index (χ3v) is 5.51. The van der Waals surface area contributed by atoms with E-state index in [-0.39, 0.29) is 17.2 Å². The van der Waals surface area contributed by atoms with E-state index in [1.807, 2.05) is 18.2 Å². The second kappa shape index (κ2) is 8.30. The average Bonchev–Trinajstić information content (AvgIpc) is 3.37. The van der Waals surface area contributed by atoms with Crippen molar-refractivity contribution in [2.75, 3.05) is 0 Å². The topological polar surface area (TPSA) is 62.1 Å². The van der Waals surface area contributed by atoms with Gasteiger partial charge in [-0.25, -0.2) is 17.6 Å². The number of carbonyl (C=O) groups is 1. The SMILES string of the molecule is O=C(c1ccc(COc2ccc3c(c2)CCC3)cc1)N1N=C(C(F)F)C[C@@]1(O)C(F)F. The first-order chi connectivity index (χ1) is 14.8. The Hall–Kier alpha value is -2.94. The highest BCUT2D eigenvalue weighted by molar-refractivity contribution is 5.99. The Morgan fingerprint density at radius 1 is 1.10 bits per heavy atom. The number of halogens is 4. The molecule has 1 amide bonds. The van der Waals surface area contributed by atoms with Gasteiger partial charge < -0.3 is 9.84 Å². The van der Waals surface area contributed by atoms with Crippen molar-refractivity contribution < 1.29 is 32.2 Å². The van der Waals surface area contributed by atoms with Crippen LogP contribution in [0.1, 0.15) is 39.9 Å². The van der Waals surface area contributed by atoms with Crippen molar-refractivity contribution in [3.05, 3.63) is 64.7 Å². The van der Waals surface area contributed by atoms with Crippen molar-refractivity contribution in [1.82, 2.24) is 5.01 Å². The van der Waals surface area contributed by atoms with Gasteiger partial charge in [-0.05, 0) is 60.2 Å². The van der Waals surface area contributed by atoms with Gasteiger partial charge >= 0.3 is 0 Å². The smallest absolute Gasteiger partial charge is 0.287 e. The van der Waals surface area contributed by atoms with Gasteiger partial charge in [0.25, 0.3) is 18.8 Å². The third kappa shape index (κ3) is 4.14. The van der Waals surface area contributed by atoms with E-state index in [1.165, 1.54) is 23.3 Å². The van der Waals surface area contributed by atoms with E-state index in [9.17, 15) is 27.5 Å². The van der Waals surface area contributed by atoms with E-state index in [1.54, 1.807) is 12.1 Å². The number of hydrazone groups is 1. The summed E-state index contributed by atoms with van der Waals surface area (Å²) >= 11 is 0. The quantitative estimate of drug-likeness (QED) is 0.692. The van der Waals surface area contributed by atoms with Crippen LogP contribution >= 0.6 is 0 Å². The molecule has 1 N–H and O–H groups in total. The van der Waals surface area contributed by atoms with Gasteiger partial charge in [-0.2, -0.15) is 10.1 Å². The van der Waals surface area contributed by atoms with Crippen molar-refractivity contribution in [2.24, 2.45) is 5.10 Å². The second-order valence-corrected chi connectivity index (χ2v) is 7.63. The standard InChI is InChI=1S/C22H20F4N2O3/c23-19(24)18-11-22(30,21(25)26)28(27-18)20(29)15-6-4-13(5-7-15)12-31-17-9-8-14-2-1-3-16(14)10-17/h4-10,19,21,30H,1-3,11-12H2/t22-/m1/s1. The van der Waals surface area contributed by atoms with E-state index in [4.69, 9.17) is 4.74 Å². The molecule has 0 saturated carbocycles. The molecule has 0 fully saturated rings. The maximum absolute atomic E-state index is 13.3. The first kappa shape index (κ1) is 21.3. The van der Waals surface area contributed by atoms with Gasteiger partial charge in [0.2, 0.25) is 5.72 Å². The Morgan fingerprint density at radius 3 is 2.48 bits per heavy atom. The van der Waals surface area contributed by atoms with Gasteiger partial charge in [0, 0.05) is 12.0 Å². The molecule has 9 heteroatoms. The minimum atomic E-state index is -3.46. The number of alkyl halides is 4. The number of hydrogen-bond donors (Lipinski definition) is 1. The number of amides is 1. The second-order valence-electron chi connectivity index (χ2n) is 7.63. The van der Waals surface area contributed by atoms with Gasteiger partial charge in [-0.1, -0.05) is 18.2 Å². The minimum Gasteiger partial charge on any atom is -0.489 e. The summed E-state index contributed by atoms with van der Waals surface area (Å²) in [5.41, 5.74) is -0.801. The van der Waals surface area contributed by atoms with Crippen LogP contribution in [0.2, 0.25) is 0 Å². The number of benzene rings is 2. The number of nitrogens with zero attached hydrogens (tertiary/aromatic N) is 2. The van der Waals surface area contributed by atoms with E-state index in [0.29, 0.717) is 0 Å². The molecule has 0 spiro atoms. The molecule has 0 aromatic heterocycles. The van der Waals surface area contributed by atoms with E-state index in [2.05, 4.69) is 5.10 Å². The summed E-state index contributed by atoms with van der Waals surface area (Å²) in [5.74, 6) is -0.363. The highest BCUT2D eigenvalue weighted by Gasteiger charge is 2.53. The molecule has 0 bridgehead atoms. The third-order valence-electron chi connectivity index (χ3n) is 5.51. The zero-order valence-corrected chi connectivity index (χ0v) is 16.4. The van der Waals surface area contributed by atoms with Crippen molar-refractivity contribution in [3.8, 4) is 5.75 Å². The van der Waals surface area contributed by atoms with E-state index < -0.39 is 36.6 Å². The molecule has 2 aliphatic rings. The molecule has 0 radical (unpaired) electrons. The Balaban J connectivity index is 1.45. The van der Waals surface area contributed by atoms with Crippen LogP contribution in [0.4, 0.5) is 17.6 Å². The average molecular weight is 436 g/mol.